The summed E-state index contributed by atoms with van der Waals surface area (Å²) in [4.78, 5) is 2.24. The van der Waals surface area contributed by atoms with Crippen LogP contribution in [0, 0.1) is 6.92 Å². The molecule has 2 nitrogen and oxygen atoms in total. The second-order valence-corrected chi connectivity index (χ2v) is 4.81. The normalized spacial score (nSPS) is 14.0. The first-order valence-electron chi connectivity index (χ1n) is 6.01. The van der Waals surface area contributed by atoms with E-state index in [1.807, 2.05) is 31.2 Å². The lowest BCUT2D eigenvalue weighted by Gasteiger charge is -2.31. The van der Waals surface area contributed by atoms with Gasteiger partial charge in [0.25, 0.3) is 0 Å². The summed E-state index contributed by atoms with van der Waals surface area (Å²) >= 11 is 6.20. The van der Waals surface area contributed by atoms with Crippen LogP contribution in [-0.4, -0.2) is 13.2 Å². The maximum Gasteiger partial charge on any atom is 0.143 e. The monoisotopic (exact) mass is 259 g/mol. The Kier molecular flexibility index (Phi) is 2.88. The van der Waals surface area contributed by atoms with Gasteiger partial charge in [-0.1, -0.05) is 29.8 Å². The molecule has 0 radical (unpaired) electrons. The van der Waals surface area contributed by atoms with Gasteiger partial charge in [-0.15, -0.1) is 0 Å². The molecule has 0 spiro atoms. The number of nitrogens with zero attached hydrogens (tertiary/aromatic N) is 1. The molecule has 2 aromatic rings. The molecular formula is C15H14ClNO. The van der Waals surface area contributed by atoms with Gasteiger partial charge in [0.1, 0.15) is 12.4 Å². The van der Waals surface area contributed by atoms with Crippen molar-refractivity contribution in [2.45, 2.75) is 6.92 Å². The molecule has 18 heavy (non-hydrogen) atoms. The summed E-state index contributed by atoms with van der Waals surface area (Å²) in [6, 6.07) is 14.2. The zero-order valence-electron chi connectivity index (χ0n) is 10.2. The summed E-state index contributed by atoms with van der Waals surface area (Å²) in [7, 11) is 0. The van der Waals surface area contributed by atoms with E-state index in [0.717, 1.165) is 34.3 Å². The molecule has 92 valence electrons. The van der Waals surface area contributed by atoms with Crippen LogP contribution in [0.4, 0.5) is 11.4 Å². The second-order valence-electron chi connectivity index (χ2n) is 4.40. The number of anilines is 2. The lowest BCUT2D eigenvalue weighted by atomic mass is 10.1. The van der Waals surface area contributed by atoms with Crippen LogP contribution in [0.1, 0.15) is 5.56 Å². The Labute approximate surface area is 112 Å². The number of hydrogen-bond donors (Lipinski definition) is 0. The van der Waals surface area contributed by atoms with E-state index in [-0.39, 0.29) is 0 Å². The van der Waals surface area contributed by atoms with Gasteiger partial charge in [-0.2, -0.15) is 0 Å². The van der Waals surface area contributed by atoms with Crippen LogP contribution in [-0.2, 0) is 0 Å². The van der Waals surface area contributed by atoms with Crippen LogP contribution >= 0.6 is 11.6 Å². The van der Waals surface area contributed by atoms with Gasteiger partial charge in [0.2, 0.25) is 0 Å². The highest BCUT2D eigenvalue weighted by Crippen LogP contribution is 2.37. The van der Waals surface area contributed by atoms with E-state index in [0.29, 0.717) is 6.61 Å². The Hall–Kier alpha value is -1.67. The lowest BCUT2D eigenvalue weighted by molar-refractivity contribution is 0.314. The van der Waals surface area contributed by atoms with E-state index in [2.05, 4.69) is 23.1 Å². The highest BCUT2D eigenvalue weighted by atomic mass is 35.5. The van der Waals surface area contributed by atoms with Gasteiger partial charge in [0, 0.05) is 10.7 Å². The predicted molar refractivity (Wildman–Crippen MR) is 75.1 cm³/mol. The van der Waals surface area contributed by atoms with Crippen molar-refractivity contribution in [3.8, 4) is 5.75 Å². The Morgan fingerprint density at radius 1 is 1.17 bits per heavy atom. The first-order chi connectivity index (χ1) is 8.75. The van der Waals surface area contributed by atoms with Gasteiger partial charge in [0.05, 0.1) is 12.2 Å². The van der Waals surface area contributed by atoms with Crippen LogP contribution in [0.5, 0.6) is 5.75 Å². The fourth-order valence-corrected chi connectivity index (χ4v) is 2.36. The molecule has 1 aliphatic rings. The van der Waals surface area contributed by atoms with Gasteiger partial charge >= 0.3 is 0 Å². The van der Waals surface area contributed by atoms with Crippen molar-refractivity contribution in [2.24, 2.45) is 0 Å². The smallest absolute Gasteiger partial charge is 0.143 e. The molecule has 0 saturated carbocycles. The number of aryl methyl sites for hydroxylation is 1. The first kappa shape index (κ1) is 11.4. The van der Waals surface area contributed by atoms with E-state index in [9.17, 15) is 0 Å². The molecule has 1 heterocycles. The van der Waals surface area contributed by atoms with E-state index in [1.165, 1.54) is 0 Å². The average Bonchev–Trinajstić information content (AvgIpc) is 2.41. The van der Waals surface area contributed by atoms with Crippen LogP contribution in [0.3, 0.4) is 0 Å². The second kappa shape index (κ2) is 4.54. The number of para-hydroxylation sites is 2. The highest BCUT2D eigenvalue weighted by Gasteiger charge is 2.19. The van der Waals surface area contributed by atoms with Gasteiger partial charge in [-0.3, -0.25) is 0 Å². The minimum absolute atomic E-state index is 0.697. The Morgan fingerprint density at radius 3 is 2.83 bits per heavy atom. The molecular weight excluding hydrogens is 246 g/mol. The third-order valence-electron chi connectivity index (χ3n) is 3.20. The molecule has 1 aliphatic heterocycles. The zero-order valence-corrected chi connectivity index (χ0v) is 10.9. The standard InChI is InChI=1S/C15H14ClNO/c1-11-6-7-12(10-13(11)16)17-8-9-18-15-5-3-2-4-14(15)17/h2-7,10H,8-9H2,1H3. The van der Waals surface area contributed by atoms with E-state index < -0.39 is 0 Å². The number of hydrogen-bond acceptors (Lipinski definition) is 2. The van der Waals surface area contributed by atoms with Crippen LogP contribution in [0.2, 0.25) is 5.02 Å². The third-order valence-corrected chi connectivity index (χ3v) is 3.60. The minimum Gasteiger partial charge on any atom is -0.490 e. The van der Waals surface area contributed by atoms with Crippen LogP contribution in [0.25, 0.3) is 0 Å². The number of benzene rings is 2. The summed E-state index contributed by atoms with van der Waals surface area (Å²) in [5, 5.41) is 0.802. The fraction of sp³-hybridized carbons (Fsp3) is 0.200. The molecule has 0 N–H and O–H groups in total. The van der Waals surface area contributed by atoms with Crippen molar-refractivity contribution >= 4 is 23.0 Å². The quantitative estimate of drug-likeness (QED) is 0.762. The summed E-state index contributed by atoms with van der Waals surface area (Å²) in [5.41, 5.74) is 3.31. The summed E-state index contributed by atoms with van der Waals surface area (Å²) in [6.07, 6.45) is 0. The molecule has 0 aromatic heterocycles. The maximum atomic E-state index is 6.20. The lowest BCUT2D eigenvalue weighted by Crippen LogP contribution is -2.28. The van der Waals surface area contributed by atoms with Crippen molar-refractivity contribution in [1.29, 1.82) is 0 Å². The molecule has 3 heteroatoms. The molecule has 0 bridgehead atoms. The molecule has 0 saturated heterocycles. The number of rotatable bonds is 1. The molecule has 0 aliphatic carbocycles. The summed E-state index contributed by atoms with van der Waals surface area (Å²) in [6.45, 7) is 3.55. The number of fused-ring (bicyclic) bond motifs is 1. The van der Waals surface area contributed by atoms with Crippen molar-refractivity contribution in [1.82, 2.24) is 0 Å². The first-order valence-corrected chi connectivity index (χ1v) is 6.39. The number of ether oxygens (including phenoxy) is 1. The fourth-order valence-electron chi connectivity index (χ4n) is 2.19. The summed E-state index contributed by atoms with van der Waals surface area (Å²) in [5.74, 6) is 0.931. The Bertz CT molecular complexity index is 582. The van der Waals surface area contributed by atoms with Crippen LogP contribution in [0.15, 0.2) is 42.5 Å². The van der Waals surface area contributed by atoms with Gasteiger partial charge in [-0.05, 0) is 36.8 Å². The van der Waals surface area contributed by atoms with Crippen LogP contribution < -0.4 is 9.64 Å². The minimum atomic E-state index is 0.697. The molecule has 0 atom stereocenters. The SMILES string of the molecule is Cc1ccc(N2CCOc3ccccc32)cc1Cl. The molecule has 0 fully saturated rings. The third kappa shape index (κ3) is 1.93. The Balaban J connectivity index is 2.05. The van der Waals surface area contributed by atoms with E-state index in [4.69, 9.17) is 16.3 Å². The highest BCUT2D eigenvalue weighted by molar-refractivity contribution is 6.31. The van der Waals surface area contributed by atoms with Gasteiger partial charge in [0.15, 0.2) is 0 Å². The maximum absolute atomic E-state index is 6.20. The zero-order chi connectivity index (χ0) is 12.5. The molecule has 3 rings (SSSR count). The van der Waals surface area contributed by atoms with Gasteiger partial charge in [-0.25, -0.2) is 0 Å². The van der Waals surface area contributed by atoms with Crippen molar-refractivity contribution in [3.63, 3.8) is 0 Å². The largest absolute Gasteiger partial charge is 0.490 e. The molecule has 0 unspecified atom stereocenters. The average molecular weight is 260 g/mol. The number of halogens is 1. The molecule has 2 aromatic carbocycles. The van der Waals surface area contributed by atoms with Crippen molar-refractivity contribution in [2.75, 3.05) is 18.1 Å². The Morgan fingerprint density at radius 2 is 2.00 bits per heavy atom. The van der Waals surface area contributed by atoms with Gasteiger partial charge < -0.3 is 9.64 Å². The molecule has 0 amide bonds. The van der Waals surface area contributed by atoms with E-state index in [1.54, 1.807) is 0 Å². The topological polar surface area (TPSA) is 12.5 Å². The predicted octanol–water partition coefficient (Wildman–Crippen LogP) is 4.18. The van der Waals surface area contributed by atoms with E-state index >= 15 is 0 Å². The van der Waals surface area contributed by atoms with Crippen molar-refractivity contribution in [3.05, 3.63) is 53.1 Å². The van der Waals surface area contributed by atoms with Crippen molar-refractivity contribution < 1.29 is 4.74 Å². The summed E-state index contributed by atoms with van der Waals surface area (Å²) < 4.78 is 5.65.